The van der Waals surface area contributed by atoms with Crippen LogP contribution in [0.15, 0.2) is 16.9 Å². The van der Waals surface area contributed by atoms with Gasteiger partial charge in [0.25, 0.3) is 5.56 Å². The van der Waals surface area contributed by atoms with Gasteiger partial charge in [0.15, 0.2) is 0 Å². The van der Waals surface area contributed by atoms with Crippen molar-refractivity contribution in [3.8, 4) is 0 Å². The topological polar surface area (TPSA) is 64.2 Å². The van der Waals surface area contributed by atoms with E-state index < -0.39 is 18.3 Å². The fourth-order valence-electron chi connectivity index (χ4n) is 1.45. The van der Waals surface area contributed by atoms with Crippen molar-refractivity contribution in [2.75, 3.05) is 0 Å². The summed E-state index contributed by atoms with van der Waals surface area (Å²) >= 11 is 0. The van der Waals surface area contributed by atoms with Gasteiger partial charge in [0, 0.05) is 6.07 Å². The summed E-state index contributed by atoms with van der Waals surface area (Å²) in [6.07, 6.45) is 0. The lowest BCUT2D eigenvalue weighted by atomic mass is 9.85. The number of H-pyrrole nitrogens is 1. The van der Waals surface area contributed by atoms with Gasteiger partial charge in [-0.3, -0.25) is 4.79 Å². The molecule has 0 saturated carbocycles. The van der Waals surface area contributed by atoms with E-state index in [0.717, 1.165) is 0 Å². The third-order valence-corrected chi connectivity index (χ3v) is 3.20. The summed E-state index contributed by atoms with van der Waals surface area (Å²) in [5, 5.41) is 6.27. The highest BCUT2D eigenvalue weighted by atomic mass is 16.7. The first kappa shape index (κ1) is 11.4. The molecular weight excluding hydrogens is 207 g/mol. The second kappa shape index (κ2) is 3.43. The van der Waals surface area contributed by atoms with Crippen molar-refractivity contribution < 1.29 is 9.31 Å². The van der Waals surface area contributed by atoms with Gasteiger partial charge >= 0.3 is 7.12 Å². The third kappa shape index (κ3) is 1.78. The molecule has 1 aromatic heterocycles. The number of hydrogen-bond acceptors (Lipinski definition) is 4. The minimum Gasteiger partial charge on any atom is -0.398 e. The lowest BCUT2D eigenvalue weighted by Gasteiger charge is -2.32. The van der Waals surface area contributed by atoms with Gasteiger partial charge < -0.3 is 9.31 Å². The van der Waals surface area contributed by atoms with Crippen LogP contribution in [0.2, 0.25) is 0 Å². The molecule has 1 N–H and O–H groups in total. The van der Waals surface area contributed by atoms with E-state index >= 15 is 0 Å². The van der Waals surface area contributed by atoms with Crippen molar-refractivity contribution in [2.24, 2.45) is 0 Å². The zero-order valence-corrected chi connectivity index (χ0v) is 9.90. The first-order chi connectivity index (χ1) is 7.32. The maximum atomic E-state index is 10.9. The fourth-order valence-corrected chi connectivity index (χ4v) is 1.45. The van der Waals surface area contributed by atoms with Crippen molar-refractivity contribution in [1.29, 1.82) is 0 Å². The van der Waals surface area contributed by atoms with Crippen molar-refractivity contribution in [3.63, 3.8) is 0 Å². The number of hydrogen-bond donors (Lipinski definition) is 1. The van der Waals surface area contributed by atoms with E-state index in [1.807, 2.05) is 27.7 Å². The number of nitrogens with zero attached hydrogens (tertiary/aromatic N) is 1. The summed E-state index contributed by atoms with van der Waals surface area (Å²) in [6, 6.07) is 3.02. The molecule has 0 aromatic carbocycles. The van der Waals surface area contributed by atoms with Crippen LogP contribution < -0.4 is 11.2 Å². The highest BCUT2D eigenvalue weighted by Gasteiger charge is 2.52. The van der Waals surface area contributed by atoms with E-state index in [0.29, 0.717) is 5.59 Å². The normalized spacial score (nSPS) is 22.4. The van der Waals surface area contributed by atoms with Crippen LogP contribution in [0.25, 0.3) is 0 Å². The Labute approximate surface area is 94.3 Å². The molecule has 1 saturated heterocycles. The van der Waals surface area contributed by atoms with Crippen molar-refractivity contribution in [1.82, 2.24) is 10.2 Å². The third-order valence-electron chi connectivity index (χ3n) is 3.20. The molecule has 1 aromatic rings. The molecule has 0 atom stereocenters. The molecule has 1 aliphatic heterocycles. The summed E-state index contributed by atoms with van der Waals surface area (Å²) < 4.78 is 11.6. The van der Waals surface area contributed by atoms with E-state index in [1.54, 1.807) is 6.07 Å². The van der Waals surface area contributed by atoms with Gasteiger partial charge in [0.2, 0.25) is 0 Å². The van der Waals surface area contributed by atoms with Crippen LogP contribution in [0.3, 0.4) is 0 Å². The lowest BCUT2D eigenvalue weighted by Crippen LogP contribution is -2.41. The van der Waals surface area contributed by atoms with Crippen molar-refractivity contribution in [3.05, 3.63) is 22.5 Å². The highest BCUT2D eigenvalue weighted by Crippen LogP contribution is 2.36. The molecule has 0 amide bonds. The van der Waals surface area contributed by atoms with Crippen LogP contribution >= 0.6 is 0 Å². The minimum absolute atomic E-state index is 0.236. The Balaban J connectivity index is 2.27. The SMILES string of the molecule is CC1(C)OB(c2ccc(=O)[nH]n2)OC1(C)C. The van der Waals surface area contributed by atoms with Crippen molar-refractivity contribution >= 4 is 12.7 Å². The van der Waals surface area contributed by atoms with Gasteiger partial charge in [-0.1, -0.05) is 0 Å². The van der Waals surface area contributed by atoms with Crippen LogP contribution in [0.4, 0.5) is 0 Å². The summed E-state index contributed by atoms with van der Waals surface area (Å²) in [5.41, 5.74) is -0.441. The number of aromatic nitrogens is 2. The molecule has 5 nitrogen and oxygen atoms in total. The molecule has 0 aliphatic carbocycles. The molecule has 0 radical (unpaired) electrons. The molecule has 86 valence electrons. The van der Waals surface area contributed by atoms with Gasteiger partial charge in [-0.2, -0.15) is 5.10 Å². The van der Waals surface area contributed by atoms with E-state index in [4.69, 9.17) is 9.31 Å². The quantitative estimate of drug-likeness (QED) is 0.683. The second-order valence-corrected chi connectivity index (χ2v) is 4.93. The lowest BCUT2D eigenvalue weighted by molar-refractivity contribution is 0.00578. The Hall–Kier alpha value is -1.14. The van der Waals surface area contributed by atoms with Gasteiger partial charge in [-0.05, 0) is 33.8 Å². The Morgan fingerprint density at radius 2 is 1.75 bits per heavy atom. The number of nitrogens with one attached hydrogen (secondary N) is 1. The van der Waals surface area contributed by atoms with E-state index in [2.05, 4.69) is 10.2 Å². The molecule has 0 bridgehead atoms. The summed E-state index contributed by atoms with van der Waals surface area (Å²) in [7, 11) is -0.526. The monoisotopic (exact) mass is 222 g/mol. The van der Waals surface area contributed by atoms with Gasteiger partial charge in [-0.25, -0.2) is 5.10 Å². The second-order valence-electron chi connectivity index (χ2n) is 4.93. The average molecular weight is 222 g/mol. The summed E-state index contributed by atoms with van der Waals surface area (Å²) in [6.45, 7) is 7.88. The average Bonchev–Trinajstić information content (AvgIpc) is 2.37. The minimum atomic E-state index is -0.526. The van der Waals surface area contributed by atoms with E-state index in [-0.39, 0.29) is 5.56 Å². The Morgan fingerprint density at radius 1 is 1.19 bits per heavy atom. The zero-order valence-electron chi connectivity index (χ0n) is 9.90. The predicted molar refractivity (Wildman–Crippen MR) is 60.6 cm³/mol. The Morgan fingerprint density at radius 3 is 2.19 bits per heavy atom. The van der Waals surface area contributed by atoms with Crippen LogP contribution in [0.1, 0.15) is 27.7 Å². The smallest absolute Gasteiger partial charge is 0.398 e. The number of aromatic amines is 1. The molecule has 1 aliphatic rings. The molecule has 2 heterocycles. The van der Waals surface area contributed by atoms with Gasteiger partial charge in [-0.15, -0.1) is 0 Å². The summed E-state index contributed by atoms with van der Waals surface area (Å²) in [4.78, 5) is 10.9. The van der Waals surface area contributed by atoms with Gasteiger partial charge in [0.1, 0.15) is 0 Å². The van der Waals surface area contributed by atoms with Crippen molar-refractivity contribution in [2.45, 2.75) is 38.9 Å². The summed E-state index contributed by atoms with van der Waals surface area (Å²) in [5.74, 6) is 0. The molecule has 1 fully saturated rings. The largest absolute Gasteiger partial charge is 0.516 e. The zero-order chi connectivity index (χ0) is 12.0. The first-order valence-electron chi connectivity index (χ1n) is 5.23. The Kier molecular flexibility index (Phi) is 2.43. The van der Waals surface area contributed by atoms with Crippen LogP contribution in [0.5, 0.6) is 0 Å². The molecule has 0 spiro atoms. The van der Waals surface area contributed by atoms with E-state index in [1.165, 1.54) is 6.07 Å². The van der Waals surface area contributed by atoms with E-state index in [9.17, 15) is 4.79 Å². The van der Waals surface area contributed by atoms with Crippen LogP contribution in [-0.2, 0) is 9.31 Å². The fraction of sp³-hybridized carbons (Fsp3) is 0.600. The predicted octanol–water partition coefficient (Wildman–Crippen LogP) is 0.0691. The molecular formula is C10H15BN2O3. The molecule has 2 rings (SSSR count). The first-order valence-corrected chi connectivity index (χ1v) is 5.23. The molecule has 0 unspecified atom stereocenters. The standard InChI is InChI=1S/C10H15BN2O3/c1-9(2)10(3,4)16-11(15-9)7-5-6-8(14)13-12-7/h5-6H,1-4H3,(H,13,14). The number of rotatable bonds is 1. The maximum absolute atomic E-state index is 10.9. The van der Waals surface area contributed by atoms with Crippen LogP contribution in [0, 0.1) is 0 Å². The Bertz CT molecular complexity index is 419. The highest BCUT2D eigenvalue weighted by molar-refractivity contribution is 6.61. The van der Waals surface area contributed by atoms with Gasteiger partial charge in [0.05, 0.1) is 16.8 Å². The molecule has 6 heteroatoms. The molecule has 16 heavy (non-hydrogen) atoms. The maximum Gasteiger partial charge on any atom is 0.516 e. The van der Waals surface area contributed by atoms with Crippen LogP contribution in [-0.4, -0.2) is 28.5 Å².